The highest BCUT2D eigenvalue weighted by atomic mass is 35.5. The Hall–Kier alpha value is -2.30. The average Bonchev–Trinajstić information content (AvgIpc) is 3.36. The van der Waals surface area contributed by atoms with Crippen LogP contribution in [0.4, 0.5) is 4.39 Å². The predicted octanol–water partition coefficient (Wildman–Crippen LogP) is 12.0. The van der Waals surface area contributed by atoms with Crippen LogP contribution >= 0.6 is 20.2 Å². The van der Waals surface area contributed by atoms with Crippen LogP contribution < -0.4 is 0 Å². The van der Waals surface area contributed by atoms with Crippen molar-refractivity contribution in [3.8, 4) is 0 Å². The Balaban J connectivity index is 0.000000826. The smallest absolute Gasteiger partial charge is 0.309 e. The summed E-state index contributed by atoms with van der Waals surface area (Å²) in [6, 6.07) is 4.91. The van der Waals surface area contributed by atoms with Crippen LogP contribution in [-0.2, 0) is 19.1 Å². The molecule has 0 aliphatic carbocycles. The molecular weight excluding hydrogens is 634 g/mol. The number of fused-ring (bicyclic) bond motifs is 1. The quantitative estimate of drug-likeness (QED) is 0.274. The topological polar surface area (TPSA) is 80.7 Å². The third-order valence-corrected chi connectivity index (χ3v) is 9.05. The van der Waals surface area contributed by atoms with Gasteiger partial charge in [-0.05, 0) is 78.8 Å². The standard InChI is InChI=1S/C21H23ClFO2P.C7H12O3.C7H16.C4H10/c1-11(2)19(24)16-10-18-20(25-16)13(21(3,4)5)9-17(26-18)12-6-7-14(22)15(23)8-12;1-5(8)4-7(2,3)6(9)10;1-5-6-7(2,3)4;1-3-4-2/h6-11,18,26H,1-5H3;4H2,1-3H3,(H,9,10);5-6H2,1-4H3;3-4H2,1-2H3. The third kappa shape index (κ3) is 16.1. The van der Waals surface area contributed by atoms with Gasteiger partial charge in [0.05, 0.1) is 16.1 Å². The van der Waals surface area contributed by atoms with Gasteiger partial charge in [0.15, 0.2) is 11.5 Å². The summed E-state index contributed by atoms with van der Waals surface area (Å²) in [5, 5.41) is 9.71. The van der Waals surface area contributed by atoms with E-state index in [1.807, 2.05) is 26.0 Å². The second-order valence-electron chi connectivity index (χ2n) is 15.4. The SMILES string of the molecule is CC(=O)CC(C)(C)C(=O)O.CC(C)C(=O)C1=CC2PC(c3ccc(Cl)c(F)c3)=CC(C(C)(C)C)=C2O1.CCCC.CCCC(C)(C)C. The third-order valence-electron chi connectivity index (χ3n) is 7.26. The zero-order chi connectivity index (χ0) is 36.9. The van der Waals surface area contributed by atoms with E-state index in [4.69, 9.17) is 21.4 Å². The molecule has 1 aromatic rings. The van der Waals surface area contributed by atoms with Crippen LogP contribution in [0.25, 0.3) is 5.31 Å². The summed E-state index contributed by atoms with van der Waals surface area (Å²) >= 11 is 5.83. The average molecular weight is 695 g/mol. The second kappa shape index (κ2) is 19.6. The molecule has 3 rings (SSSR count). The number of aliphatic carboxylic acids is 1. The Morgan fingerprint density at radius 2 is 1.53 bits per heavy atom. The Labute approximate surface area is 291 Å². The van der Waals surface area contributed by atoms with Crippen LogP contribution in [0.5, 0.6) is 0 Å². The van der Waals surface area contributed by atoms with E-state index in [2.05, 4.69) is 68.4 Å². The summed E-state index contributed by atoms with van der Waals surface area (Å²) in [5.74, 6) is -0.236. The Bertz CT molecular complexity index is 1310. The highest BCUT2D eigenvalue weighted by Gasteiger charge is 2.37. The molecule has 0 bridgehead atoms. The lowest BCUT2D eigenvalue weighted by Gasteiger charge is -2.30. The number of unbranched alkanes of at least 4 members (excludes halogenated alkanes) is 1. The first-order chi connectivity index (χ1) is 21.4. The number of rotatable bonds is 8. The highest BCUT2D eigenvalue weighted by molar-refractivity contribution is 7.52. The fourth-order valence-corrected chi connectivity index (χ4v) is 6.06. The van der Waals surface area contributed by atoms with E-state index in [0.717, 1.165) is 22.2 Å². The number of ketones is 2. The van der Waals surface area contributed by atoms with Gasteiger partial charge in [0.1, 0.15) is 17.4 Å². The fraction of sp³-hybridized carbons (Fsp3) is 0.615. The largest absolute Gasteiger partial charge is 0.481 e. The van der Waals surface area contributed by atoms with Crippen molar-refractivity contribution in [2.45, 2.75) is 135 Å². The first-order valence-electron chi connectivity index (χ1n) is 16.8. The lowest BCUT2D eigenvalue weighted by Crippen LogP contribution is -2.25. The summed E-state index contributed by atoms with van der Waals surface area (Å²) in [6.07, 6.45) is 9.41. The van der Waals surface area contributed by atoms with Crippen LogP contribution in [0, 0.1) is 28.0 Å². The van der Waals surface area contributed by atoms with Crippen molar-refractivity contribution in [3.63, 3.8) is 0 Å². The predicted molar refractivity (Wildman–Crippen MR) is 199 cm³/mol. The van der Waals surface area contributed by atoms with Crippen molar-refractivity contribution < 1.29 is 28.6 Å². The van der Waals surface area contributed by atoms with Gasteiger partial charge in [-0.25, -0.2) is 4.39 Å². The lowest BCUT2D eigenvalue weighted by atomic mass is 9.84. The van der Waals surface area contributed by atoms with Gasteiger partial charge < -0.3 is 9.84 Å². The molecule has 0 aromatic heterocycles. The molecule has 47 heavy (non-hydrogen) atoms. The summed E-state index contributed by atoms with van der Waals surface area (Å²) < 4.78 is 20.0. The molecule has 266 valence electrons. The second-order valence-corrected chi connectivity index (χ2v) is 17.2. The van der Waals surface area contributed by atoms with E-state index in [0.29, 0.717) is 19.8 Å². The minimum absolute atomic E-state index is 0.0176. The molecule has 2 aliphatic rings. The molecule has 2 heterocycles. The first kappa shape index (κ1) is 44.7. The molecule has 0 fully saturated rings. The van der Waals surface area contributed by atoms with Crippen molar-refractivity contribution in [2.24, 2.45) is 22.2 Å². The van der Waals surface area contributed by atoms with E-state index >= 15 is 0 Å². The number of benzene rings is 1. The van der Waals surface area contributed by atoms with Crippen molar-refractivity contribution in [2.75, 3.05) is 0 Å². The zero-order valence-electron chi connectivity index (χ0n) is 31.4. The molecule has 2 unspecified atom stereocenters. The molecule has 5 nitrogen and oxygen atoms in total. The highest BCUT2D eigenvalue weighted by Crippen LogP contribution is 2.53. The van der Waals surface area contributed by atoms with Gasteiger partial charge in [-0.1, -0.05) is 122 Å². The first-order valence-corrected chi connectivity index (χ1v) is 18.2. The van der Waals surface area contributed by atoms with Crippen LogP contribution in [0.2, 0.25) is 5.02 Å². The Morgan fingerprint density at radius 1 is 0.979 bits per heavy atom. The lowest BCUT2D eigenvalue weighted by molar-refractivity contribution is -0.149. The molecule has 0 radical (unpaired) electrons. The van der Waals surface area contributed by atoms with Gasteiger partial charge in [-0.2, -0.15) is 0 Å². The summed E-state index contributed by atoms with van der Waals surface area (Å²) in [7, 11) is 0.375. The minimum Gasteiger partial charge on any atom is -0.481 e. The van der Waals surface area contributed by atoms with Gasteiger partial charge in [0, 0.05) is 12.3 Å². The number of halogens is 2. The summed E-state index contributed by atoms with van der Waals surface area (Å²) in [4.78, 5) is 33.3. The fourth-order valence-electron chi connectivity index (χ4n) is 4.48. The van der Waals surface area contributed by atoms with Crippen LogP contribution in [0.3, 0.4) is 0 Å². The maximum atomic E-state index is 13.9. The van der Waals surface area contributed by atoms with Crippen molar-refractivity contribution in [1.82, 2.24) is 0 Å². The number of carboxylic acids is 1. The molecular formula is C39H61ClFO5P. The van der Waals surface area contributed by atoms with Gasteiger partial charge in [-0.3, -0.25) is 14.4 Å². The molecule has 0 amide bonds. The number of carboxylic acid groups (broad SMARTS) is 1. The van der Waals surface area contributed by atoms with Crippen molar-refractivity contribution >= 4 is 43.0 Å². The molecule has 1 aromatic carbocycles. The van der Waals surface area contributed by atoms with Gasteiger partial charge >= 0.3 is 5.97 Å². The molecule has 0 spiro atoms. The van der Waals surface area contributed by atoms with Crippen LogP contribution in [-0.4, -0.2) is 28.3 Å². The van der Waals surface area contributed by atoms with E-state index in [1.165, 1.54) is 52.5 Å². The van der Waals surface area contributed by atoms with Crippen molar-refractivity contribution in [3.05, 3.63) is 63.8 Å². The van der Waals surface area contributed by atoms with E-state index in [-0.39, 0.29) is 40.0 Å². The number of Topliss-reactive ketones (excluding diaryl/α,β-unsaturated/α-hetero) is 2. The number of allylic oxidation sites excluding steroid dienone is 4. The maximum Gasteiger partial charge on any atom is 0.309 e. The number of ether oxygens (including phenoxy) is 1. The molecule has 0 saturated heterocycles. The Morgan fingerprint density at radius 3 is 1.87 bits per heavy atom. The zero-order valence-corrected chi connectivity index (χ0v) is 33.2. The van der Waals surface area contributed by atoms with Crippen LogP contribution in [0.15, 0.2) is 47.4 Å². The molecule has 8 heteroatoms. The van der Waals surface area contributed by atoms with Crippen LogP contribution in [0.1, 0.15) is 135 Å². The molecule has 2 atom stereocenters. The van der Waals surface area contributed by atoms with Gasteiger partial charge in [0.2, 0.25) is 0 Å². The van der Waals surface area contributed by atoms with Gasteiger partial charge in [-0.15, -0.1) is 0 Å². The minimum atomic E-state index is -0.928. The Kier molecular flexibility index (Phi) is 18.7. The van der Waals surface area contributed by atoms with Crippen molar-refractivity contribution in [1.29, 1.82) is 0 Å². The maximum absolute atomic E-state index is 13.9. The molecule has 1 N–H and O–H groups in total. The normalized spacial score (nSPS) is 16.3. The molecule has 2 aliphatic heterocycles. The van der Waals surface area contributed by atoms with E-state index in [1.54, 1.807) is 6.07 Å². The number of hydrogen-bond acceptors (Lipinski definition) is 4. The summed E-state index contributed by atoms with van der Waals surface area (Å²) in [5.41, 5.74) is 1.39. The van der Waals surface area contributed by atoms with E-state index < -0.39 is 17.2 Å². The summed E-state index contributed by atoms with van der Waals surface area (Å²) in [6.45, 7) is 28.0. The number of hydrogen-bond donors (Lipinski definition) is 1. The number of carbonyl (C=O) groups is 3. The monoisotopic (exact) mass is 694 g/mol. The molecule has 0 saturated carbocycles. The van der Waals surface area contributed by atoms with E-state index in [9.17, 15) is 18.8 Å². The number of carbonyl (C=O) groups excluding carboxylic acids is 2. The van der Waals surface area contributed by atoms with Gasteiger partial charge in [0.25, 0.3) is 0 Å².